The van der Waals surface area contributed by atoms with Gasteiger partial charge in [0, 0.05) is 17.6 Å². The van der Waals surface area contributed by atoms with Crippen LogP contribution in [-0.4, -0.2) is 9.97 Å². The monoisotopic (exact) mass is 268 g/mol. The van der Waals surface area contributed by atoms with Gasteiger partial charge in [-0.3, -0.25) is 4.98 Å². The predicted molar refractivity (Wildman–Crippen MR) is 81.0 cm³/mol. The van der Waals surface area contributed by atoms with Crippen LogP contribution in [0.5, 0.6) is 0 Å². The molecule has 20 heavy (non-hydrogen) atoms. The lowest BCUT2D eigenvalue weighted by Crippen LogP contribution is -1.92. The third kappa shape index (κ3) is 2.82. The predicted octanol–water partition coefficient (Wildman–Crippen LogP) is 4.77. The zero-order chi connectivity index (χ0) is 14.5. The third-order valence-corrected chi connectivity index (χ3v) is 2.88. The summed E-state index contributed by atoms with van der Waals surface area (Å²) in [5.74, 6) is -0.272. The molecule has 0 aliphatic heterocycles. The normalized spacial score (nSPS) is 10.0. The Morgan fingerprint density at radius 3 is 2.50 bits per heavy atom. The van der Waals surface area contributed by atoms with Crippen molar-refractivity contribution in [2.45, 2.75) is 20.8 Å². The quantitative estimate of drug-likeness (QED) is 0.635. The van der Waals surface area contributed by atoms with Gasteiger partial charge in [0.25, 0.3) is 0 Å². The van der Waals surface area contributed by atoms with E-state index in [4.69, 9.17) is 0 Å². The number of benzene rings is 1. The summed E-state index contributed by atoms with van der Waals surface area (Å²) in [5, 5.41) is 0.939. The van der Waals surface area contributed by atoms with E-state index in [-0.39, 0.29) is 5.82 Å². The Bertz CT molecular complexity index is 709. The zero-order valence-corrected chi connectivity index (χ0v) is 11.9. The Balaban J connectivity index is 0.000000704. The van der Waals surface area contributed by atoms with Gasteiger partial charge in [-0.25, -0.2) is 9.37 Å². The molecule has 2 nitrogen and oxygen atoms in total. The molecule has 0 saturated carbocycles. The van der Waals surface area contributed by atoms with Gasteiger partial charge in [0.2, 0.25) is 0 Å². The lowest BCUT2D eigenvalue weighted by Gasteiger charge is -2.06. The number of nitrogens with zero attached hydrogens (tertiary/aromatic N) is 2. The second kappa shape index (κ2) is 6.24. The van der Waals surface area contributed by atoms with Crippen LogP contribution in [0, 0.1) is 12.7 Å². The minimum Gasteiger partial charge on any atom is -0.255 e. The molecular weight excluding hydrogens is 251 g/mol. The second-order valence-electron chi connectivity index (χ2n) is 4.21. The van der Waals surface area contributed by atoms with Crippen LogP contribution in [0.4, 0.5) is 4.39 Å². The first-order valence-electron chi connectivity index (χ1n) is 6.72. The van der Waals surface area contributed by atoms with Crippen molar-refractivity contribution < 1.29 is 4.39 Å². The highest BCUT2D eigenvalue weighted by Gasteiger charge is 2.07. The molecule has 102 valence electrons. The molecule has 0 bridgehead atoms. The van der Waals surface area contributed by atoms with Crippen LogP contribution < -0.4 is 0 Å². The molecule has 3 aromatic rings. The summed E-state index contributed by atoms with van der Waals surface area (Å²) in [6.07, 6.45) is 1.73. The maximum absolute atomic E-state index is 13.2. The number of aryl methyl sites for hydroxylation is 1. The van der Waals surface area contributed by atoms with Crippen LogP contribution in [0.1, 0.15) is 19.4 Å². The fourth-order valence-corrected chi connectivity index (χ4v) is 2.01. The number of pyridine rings is 2. The number of hydrogen-bond acceptors (Lipinski definition) is 2. The summed E-state index contributed by atoms with van der Waals surface area (Å²) in [6.45, 7) is 5.99. The number of aromatic nitrogens is 2. The first-order chi connectivity index (χ1) is 9.74. The van der Waals surface area contributed by atoms with E-state index < -0.39 is 0 Å². The number of hydrogen-bond donors (Lipinski definition) is 0. The van der Waals surface area contributed by atoms with Gasteiger partial charge in [-0.2, -0.15) is 0 Å². The van der Waals surface area contributed by atoms with Gasteiger partial charge >= 0.3 is 0 Å². The number of rotatable bonds is 1. The topological polar surface area (TPSA) is 25.8 Å². The minimum atomic E-state index is -0.272. The van der Waals surface area contributed by atoms with Gasteiger partial charge in [-0.1, -0.05) is 19.9 Å². The maximum atomic E-state index is 13.2. The van der Waals surface area contributed by atoms with E-state index in [1.807, 2.05) is 45.0 Å². The average Bonchev–Trinajstić information content (AvgIpc) is 2.50. The van der Waals surface area contributed by atoms with Crippen molar-refractivity contribution in [2.24, 2.45) is 0 Å². The molecule has 0 aliphatic carbocycles. The summed E-state index contributed by atoms with van der Waals surface area (Å²) in [5.41, 5.74) is 3.30. The molecule has 0 aliphatic rings. The number of fused-ring (bicyclic) bond motifs is 1. The lowest BCUT2D eigenvalue weighted by atomic mass is 10.1. The molecule has 0 spiro atoms. The van der Waals surface area contributed by atoms with Crippen LogP contribution in [0.15, 0.2) is 48.7 Å². The van der Waals surface area contributed by atoms with Crippen molar-refractivity contribution in [3.05, 3.63) is 60.0 Å². The van der Waals surface area contributed by atoms with Crippen LogP contribution >= 0.6 is 0 Å². The fraction of sp³-hybridized carbons (Fsp3) is 0.176. The Kier molecular flexibility index (Phi) is 4.41. The Hall–Kier alpha value is -2.29. The largest absolute Gasteiger partial charge is 0.255 e. The van der Waals surface area contributed by atoms with Crippen molar-refractivity contribution in [1.82, 2.24) is 9.97 Å². The molecule has 0 radical (unpaired) electrons. The molecule has 3 rings (SSSR count). The van der Waals surface area contributed by atoms with Gasteiger partial charge in [-0.05, 0) is 42.8 Å². The summed E-state index contributed by atoms with van der Waals surface area (Å²) >= 11 is 0. The Morgan fingerprint density at radius 1 is 1.00 bits per heavy atom. The summed E-state index contributed by atoms with van der Waals surface area (Å²) in [7, 11) is 0. The first kappa shape index (κ1) is 14.1. The third-order valence-electron chi connectivity index (χ3n) is 2.88. The first-order valence-corrected chi connectivity index (χ1v) is 6.72. The fourth-order valence-electron chi connectivity index (χ4n) is 2.01. The van der Waals surface area contributed by atoms with E-state index in [0.717, 1.165) is 22.3 Å². The van der Waals surface area contributed by atoms with Gasteiger partial charge in [0.15, 0.2) is 0 Å². The molecule has 0 fully saturated rings. The van der Waals surface area contributed by atoms with Crippen LogP contribution in [-0.2, 0) is 0 Å². The highest BCUT2D eigenvalue weighted by molar-refractivity contribution is 5.82. The average molecular weight is 268 g/mol. The highest BCUT2D eigenvalue weighted by atomic mass is 19.1. The Labute approximate surface area is 118 Å². The lowest BCUT2D eigenvalue weighted by molar-refractivity contribution is 0.629. The molecule has 0 unspecified atom stereocenters. The SMILES string of the molecule is CC.Cc1cc2ccc(F)cc2nc1-c1ccccn1. The van der Waals surface area contributed by atoms with E-state index in [0.29, 0.717) is 5.52 Å². The summed E-state index contributed by atoms with van der Waals surface area (Å²) in [6, 6.07) is 12.3. The molecule has 1 aromatic carbocycles. The van der Waals surface area contributed by atoms with Gasteiger partial charge in [0.1, 0.15) is 5.82 Å². The van der Waals surface area contributed by atoms with Gasteiger partial charge in [-0.15, -0.1) is 0 Å². The van der Waals surface area contributed by atoms with Crippen molar-refractivity contribution >= 4 is 10.9 Å². The molecule has 2 heterocycles. The summed E-state index contributed by atoms with van der Waals surface area (Å²) in [4.78, 5) is 8.79. The second-order valence-corrected chi connectivity index (χ2v) is 4.21. The molecule has 0 saturated heterocycles. The minimum absolute atomic E-state index is 0.272. The van der Waals surface area contributed by atoms with Crippen molar-refractivity contribution in [1.29, 1.82) is 0 Å². The zero-order valence-electron chi connectivity index (χ0n) is 11.9. The maximum Gasteiger partial charge on any atom is 0.125 e. The molecule has 0 N–H and O–H groups in total. The van der Waals surface area contributed by atoms with E-state index >= 15 is 0 Å². The van der Waals surface area contributed by atoms with Crippen LogP contribution in [0.3, 0.4) is 0 Å². The molecule has 0 amide bonds. The number of halogens is 1. The standard InChI is InChI=1S/C15H11FN2.C2H6/c1-10-8-11-5-6-12(16)9-14(11)18-15(10)13-4-2-3-7-17-13;1-2/h2-9H,1H3;1-2H3. The van der Waals surface area contributed by atoms with E-state index in [1.165, 1.54) is 12.1 Å². The van der Waals surface area contributed by atoms with Crippen molar-refractivity contribution in [3.63, 3.8) is 0 Å². The van der Waals surface area contributed by atoms with Gasteiger partial charge < -0.3 is 0 Å². The van der Waals surface area contributed by atoms with Crippen molar-refractivity contribution in [3.8, 4) is 11.4 Å². The van der Waals surface area contributed by atoms with Crippen LogP contribution in [0.2, 0.25) is 0 Å². The van der Waals surface area contributed by atoms with Crippen molar-refractivity contribution in [2.75, 3.05) is 0 Å². The molecular formula is C17H17FN2. The van der Waals surface area contributed by atoms with E-state index in [9.17, 15) is 4.39 Å². The molecule has 2 aromatic heterocycles. The summed E-state index contributed by atoms with van der Waals surface area (Å²) < 4.78 is 13.2. The molecule has 0 atom stereocenters. The van der Waals surface area contributed by atoms with Gasteiger partial charge in [0.05, 0.1) is 16.9 Å². The molecule has 3 heteroatoms. The Morgan fingerprint density at radius 2 is 1.80 bits per heavy atom. The smallest absolute Gasteiger partial charge is 0.125 e. The van der Waals surface area contributed by atoms with Crippen LogP contribution in [0.25, 0.3) is 22.3 Å². The highest BCUT2D eigenvalue weighted by Crippen LogP contribution is 2.23. The van der Waals surface area contributed by atoms with E-state index in [1.54, 1.807) is 12.3 Å². The van der Waals surface area contributed by atoms with E-state index in [2.05, 4.69) is 9.97 Å².